The van der Waals surface area contributed by atoms with Crippen LogP contribution in [0.5, 0.6) is 5.75 Å². The van der Waals surface area contributed by atoms with Gasteiger partial charge in [0.05, 0.1) is 30.0 Å². The summed E-state index contributed by atoms with van der Waals surface area (Å²) in [6.07, 6.45) is 1.79. The number of ether oxygens (including phenoxy) is 1. The monoisotopic (exact) mass is 470 g/mol. The number of nitrogens with zero attached hydrogens (tertiary/aromatic N) is 4. The highest BCUT2D eigenvalue weighted by molar-refractivity contribution is 9.10. The predicted molar refractivity (Wildman–Crippen MR) is 120 cm³/mol. The number of para-hydroxylation sites is 2. The zero-order chi connectivity index (χ0) is 21.1. The Bertz CT molecular complexity index is 1120. The number of anilines is 1. The number of methoxy groups -OCH3 is 1. The van der Waals surface area contributed by atoms with Gasteiger partial charge in [0.15, 0.2) is 0 Å². The van der Waals surface area contributed by atoms with Gasteiger partial charge in [-0.25, -0.2) is 4.98 Å². The highest BCUT2D eigenvalue weighted by atomic mass is 79.9. The minimum Gasteiger partial charge on any atom is -0.495 e. The molecule has 4 rings (SSSR count). The van der Waals surface area contributed by atoms with Crippen LogP contribution in [0.4, 0.5) is 5.69 Å². The molecule has 0 unspecified atom stereocenters. The number of rotatable bonds is 5. The number of halogens is 1. The Balaban J connectivity index is 1.37. The van der Waals surface area contributed by atoms with Gasteiger partial charge in [0.25, 0.3) is 5.56 Å². The Hall–Kier alpha value is -2.87. The van der Waals surface area contributed by atoms with Crippen molar-refractivity contribution in [1.82, 2.24) is 14.5 Å². The average Bonchev–Trinajstić information content (AvgIpc) is 2.79. The average molecular weight is 471 g/mol. The summed E-state index contributed by atoms with van der Waals surface area (Å²) in [5, 5.41) is 0.546. The second kappa shape index (κ2) is 8.87. The van der Waals surface area contributed by atoms with E-state index in [9.17, 15) is 9.59 Å². The molecule has 156 valence electrons. The lowest BCUT2D eigenvalue weighted by Crippen LogP contribution is -2.49. The summed E-state index contributed by atoms with van der Waals surface area (Å²) in [6.45, 7) is 3.11. The summed E-state index contributed by atoms with van der Waals surface area (Å²) in [5.74, 6) is 0.892. The van der Waals surface area contributed by atoms with Crippen molar-refractivity contribution in [1.29, 1.82) is 0 Å². The van der Waals surface area contributed by atoms with Crippen molar-refractivity contribution in [2.45, 2.75) is 13.0 Å². The molecule has 0 bridgehead atoms. The highest BCUT2D eigenvalue weighted by Gasteiger charge is 2.22. The molecule has 0 spiro atoms. The standard InChI is InChI=1S/C22H23BrN4O3/c1-30-20-5-3-2-4-19(20)25-10-12-26(13-11-25)21(28)8-9-27-15-24-18-7-6-16(23)14-17(18)22(27)29/h2-7,14-15H,8-13H2,1H3. The number of hydrogen-bond donors (Lipinski definition) is 0. The van der Waals surface area contributed by atoms with Crippen LogP contribution in [0.3, 0.4) is 0 Å². The molecule has 2 heterocycles. The Morgan fingerprint density at radius 1 is 1.13 bits per heavy atom. The van der Waals surface area contributed by atoms with E-state index in [-0.39, 0.29) is 17.9 Å². The molecule has 1 aliphatic rings. The number of benzene rings is 2. The molecule has 1 fully saturated rings. The van der Waals surface area contributed by atoms with Gasteiger partial charge in [-0.05, 0) is 30.3 Å². The fourth-order valence-electron chi connectivity index (χ4n) is 3.75. The van der Waals surface area contributed by atoms with Crippen molar-refractivity contribution < 1.29 is 9.53 Å². The number of amides is 1. The molecule has 1 amide bonds. The van der Waals surface area contributed by atoms with E-state index in [1.54, 1.807) is 19.2 Å². The number of carbonyl (C=O) groups is 1. The van der Waals surface area contributed by atoms with Gasteiger partial charge in [-0.3, -0.25) is 14.2 Å². The van der Waals surface area contributed by atoms with E-state index >= 15 is 0 Å². The summed E-state index contributed by atoms with van der Waals surface area (Å²) >= 11 is 3.39. The molecular formula is C22H23BrN4O3. The third-order valence-electron chi connectivity index (χ3n) is 5.41. The van der Waals surface area contributed by atoms with E-state index in [1.807, 2.05) is 35.2 Å². The molecule has 3 aromatic rings. The molecule has 7 nitrogen and oxygen atoms in total. The van der Waals surface area contributed by atoms with Crippen LogP contribution in [0, 0.1) is 0 Å². The minimum atomic E-state index is -0.130. The number of carbonyl (C=O) groups excluding carboxylic acids is 1. The largest absolute Gasteiger partial charge is 0.495 e. The smallest absolute Gasteiger partial charge is 0.261 e. The second-order valence-electron chi connectivity index (χ2n) is 7.19. The molecule has 8 heteroatoms. The number of aromatic nitrogens is 2. The van der Waals surface area contributed by atoms with Gasteiger partial charge in [-0.2, -0.15) is 0 Å². The van der Waals surface area contributed by atoms with Crippen LogP contribution >= 0.6 is 15.9 Å². The third-order valence-corrected chi connectivity index (χ3v) is 5.90. The zero-order valence-corrected chi connectivity index (χ0v) is 18.3. The Kier molecular flexibility index (Phi) is 6.03. The van der Waals surface area contributed by atoms with E-state index in [0.29, 0.717) is 30.5 Å². The lowest BCUT2D eigenvalue weighted by molar-refractivity contribution is -0.131. The first-order chi connectivity index (χ1) is 14.6. The van der Waals surface area contributed by atoms with Crippen LogP contribution in [-0.4, -0.2) is 53.6 Å². The van der Waals surface area contributed by atoms with Gasteiger partial charge in [0, 0.05) is 43.6 Å². The van der Waals surface area contributed by atoms with Gasteiger partial charge >= 0.3 is 0 Å². The first-order valence-electron chi connectivity index (χ1n) is 9.87. The molecular weight excluding hydrogens is 448 g/mol. The number of fused-ring (bicyclic) bond motifs is 1. The molecule has 30 heavy (non-hydrogen) atoms. The first kappa shape index (κ1) is 20.4. The van der Waals surface area contributed by atoms with E-state index < -0.39 is 0 Å². The second-order valence-corrected chi connectivity index (χ2v) is 8.11. The summed E-state index contributed by atoms with van der Waals surface area (Å²) in [6, 6.07) is 13.3. The molecule has 0 aliphatic carbocycles. The molecule has 2 aromatic carbocycles. The zero-order valence-electron chi connectivity index (χ0n) is 16.8. The van der Waals surface area contributed by atoms with Crippen LogP contribution in [-0.2, 0) is 11.3 Å². The normalized spacial score (nSPS) is 14.2. The molecule has 0 radical (unpaired) electrons. The van der Waals surface area contributed by atoms with Crippen LogP contribution in [0.25, 0.3) is 10.9 Å². The lowest BCUT2D eigenvalue weighted by atomic mass is 10.2. The highest BCUT2D eigenvalue weighted by Crippen LogP contribution is 2.28. The molecule has 1 saturated heterocycles. The Morgan fingerprint density at radius 3 is 2.67 bits per heavy atom. The molecule has 1 aliphatic heterocycles. The quantitative estimate of drug-likeness (QED) is 0.573. The van der Waals surface area contributed by atoms with Crippen molar-refractivity contribution >= 4 is 38.4 Å². The predicted octanol–water partition coefficient (Wildman–Crippen LogP) is 2.91. The van der Waals surface area contributed by atoms with Crippen molar-refractivity contribution in [2.75, 3.05) is 38.2 Å². The molecule has 0 saturated carbocycles. The molecule has 1 aromatic heterocycles. The minimum absolute atomic E-state index is 0.0518. The number of piperazine rings is 1. The SMILES string of the molecule is COc1ccccc1N1CCN(C(=O)CCn2cnc3ccc(Br)cc3c2=O)CC1. The lowest BCUT2D eigenvalue weighted by Gasteiger charge is -2.36. The van der Waals surface area contributed by atoms with E-state index in [0.717, 1.165) is 29.0 Å². The number of aryl methyl sites for hydroxylation is 1. The van der Waals surface area contributed by atoms with Crippen molar-refractivity contribution in [3.05, 3.63) is 63.6 Å². The maximum atomic E-state index is 12.7. The molecule has 0 N–H and O–H groups in total. The van der Waals surface area contributed by atoms with Crippen LogP contribution in [0.15, 0.2) is 58.1 Å². The van der Waals surface area contributed by atoms with Gasteiger partial charge in [0.1, 0.15) is 5.75 Å². The fraction of sp³-hybridized carbons (Fsp3) is 0.318. The van der Waals surface area contributed by atoms with Gasteiger partial charge in [-0.1, -0.05) is 28.1 Å². The third kappa shape index (κ3) is 4.18. The Labute approximate surface area is 183 Å². The summed E-state index contributed by atoms with van der Waals surface area (Å²) < 4.78 is 7.79. The topological polar surface area (TPSA) is 67.7 Å². The summed E-state index contributed by atoms with van der Waals surface area (Å²) in [7, 11) is 1.67. The number of hydrogen-bond acceptors (Lipinski definition) is 5. The van der Waals surface area contributed by atoms with Crippen LogP contribution in [0.2, 0.25) is 0 Å². The van der Waals surface area contributed by atoms with E-state index in [1.165, 1.54) is 10.9 Å². The maximum Gasteiger partial charge on any atom is 0.261 e. The summed E-state index contributed by atoms with van der Waals surface area (Å²) in [4.78, 5) is 33.8. The van der Waals surface area contributed by atoms with Crippen molar-refractivity contribution in [2.24, 2.45) is 0 Å². The van der Waals surface area contributed by atoms with Gasteiger partial charge in [0.2, 0.25) is 5.91 Å². The van der Waals surface area contributed by atoms with Crippen molar-refractivity contribution in [3.63, 3.8) is 0 Å². The van der Waals surface area contributed by atoms with Crippen LogP contribution < -0.4 is 15.2 Å². The van der Waals surface area contributed by atoms with Crippen LogP contribution in [0.1, 0.15) is 6.42 Å². The first-order valence-corrected chi connectivity index (χ1v) is 10.7. The van der Waals surface area contributed by atoms with E-state index in [2.05, 4.69) is 25.8 Å². The Morgan fingerprint density at radius 2 is 1.90 bits per heavy atom. The fourth-order valence-corrected chi connectivity index (χ4v) is 4.11. The van der Waals surface area contributed by atoms with Gasteiger partial charge in [-0.15, -0.1) is 0 Å². The maximum absolute atomic E-state index is 12.7. The summed E-state index contributed by atoms with van der Waals surface area (Å²) in [5.41, 5.74) is 1.57. The molecule has 0 atom stereocenters. The van der Waals surface area contributed by atoms with E-state index in [4.69, 9.17) is 4.74 Å². The van der Waals surface area contributed by atoms with Crippen molar-refractivity contribution in [3.8, 4) is 5.75 Å². The van der Waals surface area contributed by atoms with Gasteiger partial charge < -0.3 is 14.5 Å².